The molecule has 7 heteroatoms. The minimum absolute atomic E-state index is 0.138. The largest absolute Gasteiger partial charge is 0.481 e. The van der Waals surface area contributed by atoms with E-state index in [9.17, 15) is 8.42 Å². The molecule has 2 aromatic rings. The van der Waals surface area contributed by atoms with Crippen LogP contribution in [0.3, 0.4) is 0 Å². The number of hydrogen-bond acceptors (Lipinski definition) is 5. The Bertz CT molecular complexity index is 684. The predicted octanol–water partition coefficient (Wildman–Crippen LogP) is 1.15. The Labute approximate surface area is 117 Å². The number of pyridine rings is 1. The van der Waals surface area contributed by atoms with Crippen molar-refractivity contribution in [1.29, 1.82) is 0 Å². The highest BCUT2D eigenvalue weighted by atomic mass is 32.2. The van der Waals surface area contributed by atoms with Gasteiger partial charge in [-0.3, -0.25) is 0 Å². The van der Waals surface area contributed by atoms with Gasteiger partial charge in [-0.15, -0.1) is 0 Å². The Kier molecular flexibility index (Phi) is 4.21. The van der Waals surface area contributed by atoms with Gasteiger partial charge in [0.05, 0.1) is 12.0 Å². The van der Waals surface area contributed by atoms with E-state index in [0.717, 1.165) is 5.56 Å². The van der Waals surface area contributed by atoms with Crippen molar-refractivity contribution in [2.45, 2.75) is 11.4 Å². The van der Waals surface area contributed by atoms with E-state index in [1.165, 1.54) is 19.2 Å². The Morgan fingerprint density at radius 1 is 1.30 bits per heavy atom. The zero-order chi connectivity index (χ0) is 14.6. The predicted molar refractivity (Wildman–Crippen MR) is 75.7 cm³/mol. The summed E-state index contributed by atoms with van der Waals surface area (Å²) in [7, 11) is -2.07. The fourth-order valence-corrected chi connectivity index (χ4v) is 2.65. The van der Waals surface area contributed by atoms with E-state index in [-0.39, 0.29) is 11.4 Å². The van der Waals surface area contributed by atoms with Gasteiger partial charge in [-0.2, -0.15) is 0 Å². The molecule has 0 spiro atoms. The first-order valence-corrected chi connectivity index (χ1v) is 7.34. The number of ether oxygens (including phenoxy) is 1. The number of nitrogens with one attached hydrogen (secondary N) is 1. The molecule has 3 N–H and O–H groups in total. The highest BCUT2D eigenvalue weighted by molar-refractivity contribution is 7.89. The first-order valence-electron chi connectivity index (χ1n) is 5.85. The second-order valence-electron chi connectivity index (χ2n) is 4.11. The lowest BCUT2D eigenvalue weighted by atomic mass is 10.3. The van der Waals surface area contributed by atoms with Crippen LogP contribution in [0.5, 0.6) is 5.88 Å². The van der Waals surface area contributed by atoms with Crippen LogP contribution in [0.2, 0.25) is 0 Å². The van der Waals surface area contributed by atoms with Crippen molar-refractivity contribution in [3.63, 3.8) is 0 Å². The van der Waals surface area contributed by atoms with E-state index >= 15 is 0 Å². The third kappa shape index (κ3) is 3.46. The molecule has 1 aromatic heterocycles. The van der Waals surface area contributed by atoms with Gasteiger partial charge in [0.2, 0.25) is 15.9 Å². The quantitative estimate of drug-likeness (QED) is 0.806. The Hall–Kier alpha value is -2.12. The number of nitrogens with two attached hydrogens (primary N) is 1. The average molecular weight is 293 g/mol. The second kappa shape index (κ2) is 5.89. The van der Waals surface area contributed by atoms with Crippen molar-refractivity contribution >= 4 is 15.7 Å². The van der Waals surface area contributed by atoms with Crippen LogP contribution in [0.1, 0.15) is 5.56 Å². The number of nitrogen functional groups attached to an aromatic ring is 1. The number of methoxy groups -OCH3 is 1. The number of anilines is 1. The van der Waals surface area contributed by atoms with Crippen LogP contribution in [0.25, 0.3) is 0 Å². The Morgan fingerprint density at radius 2 is 2.10 bits per heavy atom. The van der Waals surface area contributed by atoms with Gasteiger partial charge in [-0.1, -0.05) is 12.1 Å². The Balaban J connectivity index is 2.09. The summed E-state index contributed by atoms with van der Waals surface area (Å²) in [6, 6.07) is 9.54. The average Bonchev–Trinajstić information content (AvgIpc) is 2.46. The number of nitrogens with zero attached hydrogens (tertiary/aromatic N) is 1. The molecular formula is C13H15N3O3S. The van der Waals surface area contributed by atoms with E-state index in [4.69, 9.17) is 10.5 Å². The van der Waals surface area contributed by atoms with E-state index in [2.05, 4.69) is 9.71 Å². The van der Waals surface area contributed by atoms with Crippen LogP contribution in [0.15, 0.2) is 47.5 Å². The molecule has 20 heavy (non-hydrogen) atoms. The lowest BCUT2D eigenvalue weighted by Crippen LogP contribution is -2.23. The summed E-state index contributed by atoms with van der Waals surface area (Å²) in [6.07, 6.45) is 1.56. The molecule has 0 aliphatic carbocycles. The highest BCUT2D eigenvalue weighted by Gasteiger charge is 2.13. The minimum atomic E-state index is -3.59. The molecular weight excluding hydrogens is 278 g/mol. The van der Waals surface area contributed by atoms with Crippen molar-refractivity contribution < 1.29 is 13.2 Å². The van der Waals surface area contributed by atoms with Crippen molar-refractivity contribution in [3.05, 3.63) is 48.2 Å². The molecule has 6 nitrogen and oxygen atoms in total. The van der Waals surface area contributed by atoms with Crippen LogP contribution in [0, 0.1) is 0 Å². The number of benzene rings is 1. The van der Waals surface area contributed by atoms with Gasteiger partial charge in [0.25, 0.3) is 0 Å². The molecule has 0 unspecified atom stereocenters. The SMILES string of the molecule is COc1ccc(CNS(=O)(=O)c2cccc(N)c2)cn1. The maximum atomic E-state index is 12.1. The fourth-order valence-electron chi connectivity index (χ4n) is 1.58. The first-order chi connectivity index (χ1) is 9.51. The van der Waals surface area contributed by atoms with Crippen LogP contribution in [-0.4, -0.2) is 20.5 Å². The molecule has 0 amide bonds. The lowest BCUT2D eigenvalue weighted by molar-refractivity contribution is 0.397. The number of rotatable bonds is 5. The molecule has 0 fully saturated rings. The van der Waals surface area contributed by atoms with Crippen LogP contribution >= 0.6 is 0 Å². The van der Waals surface area contributed by atoms with Crippen LogP contribution < -0.4 is 15.2 Å². The number of aromatic nitrogens is 1. The lowest BCUT2D eigenvalue weighted by Gasteiger charge is -2.07. The van der Waals surface area contributed by atoms with Gasteiger partial charge in [-0.05, 0) is 23.8 Å². The van der Waals surface area contributed by atoms with Gasteiger partial charge in [0, 0.05) is 24.5 Å². The number of hydrogen-bond donors (Lipinski definition) is 2. The minimum Gasteiger partial charge on any atom is -0.481 e. The van der Waals surface area contributed by atoms with Gasteiger partial charge < -0.3 is 10.5 Å². The smallest absolute Gasteiger partial charge is 0.240 e. The molecule has 0 saturated heterocycles. The molecule has 0 bridgehead atoms. The molecule has 1 heterocycles. The summed E-state index contributed by atoms with van der Waals surface area (Å²) >= 11 is 0. The van der Waals surface area contributed by atoms with Crippen molar-refractivity contribution in [2.24, 2.45) is 0 Å². The maximum absolute atomic E-state index is 12.1. The zero-order valence-electron chi connectivity index (χ0n) is 10.9. The molecule has 0 aliphatic rings. The summed E-state index contributed by atoms with van der Waals surface area (Å²) in [6.45, 7) is 0.147. The van der Waals surface area contributed by atoms with Gasteiger partial charge in [0.15, 0.2) is 0 Å². The van der Waals surface area contributed by atoms with Gasteiger partial charge >= 0.3 is 0 Å². The van der Waals surface area contributed by atoms with Crippen molar-refractivity contribution in [1.82, 2.24) is 9.71 Å². The first kappa shape index (κ1) is 14.3. The second-order valence-corrected chi connectivity index (χ2v) is 5.87. The monoisotopic (exact) mass is 293 g/mol. The standard InChI is InChI=1S/C13H15N3O3S/c1-19-13-6-5-10(8-15-13)9-16-20(17,18)12-4-2-3-11(14)7-12/h2-8,16H,9,14H2,1H3. The van der Waals surface area contributed by atoms with Crippen LogP contribution in [0.4, 0.5) is 5.69 Å². The maximum Gasteiger partial charge on any atom is 0.240 e. The van der Waals surface area contributed by atoms with E-state index in [0.29, 0.717) is 11.6 Å². The highest BCUT2D eigenvalue weighted by Crippen LogP contribution is 2.13. The molecule has 2 rings (SSSR count). The van der Waals surface area contributed by atoms with E-state index in [1.807, 2.05) is 0 Å². The normalized spacial score (nSPS) is 11.2. The summed E-state index contributed by atoms with van der Waals surface area (Å²) in [4.78, 5) is 4.15. The van der Waals surface area contributed by atoms with Crippen molar-refractivity contribution in [3.8, 4) is 5.88 Å². The molecule has 0 saturated carbocycles. The topological polar surface area (TPSA) is 94.3 Å². The fraction of sp³-hybridized carbons (Fsp3) is 0.154. The summed E-state index contributed by atoms with van der Waals surface area (Å²) in [5.41, 5.74) is 6.71. The number of sulfonamides is 1. The third-order valence-electron chi connectivity index (χ3n) is 2.64. The van der Waals surface area contributed by atoms with Crippen molar-refractivity contribution in [2.75, 3.05) is 12.8 Å². The summed E-state index contributed by atoms with van der Waals surface area (Å²) in [5.74, 6) is 0.479. The van der Waals surface area contributed by atoms with Gasteiger partial charge in [-0.25, -0.2) is 18.1 Å². The third-order valence-corrected chi connectivity index (χ3v) is 4.04. The summed E-state index contributed by atoms with van der Waals surface area (Å²) in [5, 5.41) is 0. The molecule has 1 aromatic carbocycles. The van der Waals surface area contributed by atoms with E-state index in [1.54, 1.807) is 30.5 Å². The van der Waals surface area contributed by atoms with Crippen LogP contribution in [-0.2, 0) is 16.6 Å². The van der Waals surface area contributed by atoms with E-state index < -0.39 is 10.0 Å². The summed E-state index contributed by atoms with van der Waals surface area (Å²) < 4.78 is 31.6. The molecule has 0 radical (unpaired) electrons. The molecule has 0 atom stereocenters. The Morgan fingerprint density at radius 3 is 2.70 bits per heavy atom. The zero-order valence-corrected chi connectivity index (χ0v) is 11.7. The molecule has 106 valence electrons. The van der Waals surface area contributed by atoms with Gasteiger partial charge in [0.1, 0.15) is 0 Å². The molecule has 0 aliphatic heterocycles.